The van der Waals surface area contributed by atoms with Crippen molar-refractivity contribution in [3.05, 3.63) is 75.3 Å². The van der Waals surface area contributed by atoms with Gasteiger partial charge in [0.15, 0.2) is 0 Å². The minimum absolute atomic E-state index is 0.0107. The van der Waals surface area contributed by atoms with Crippen molar-refractivity contribution >= 4 is 45.0 Å². The highest BCUT2D eigenvalue weighted by atomic mass is 35.5. The van der Waals surface area contributed by atoms with Gasteiger partial charge >= 0.3 is 0 Å². The van der Waals surface area contributed by atoms with Gasteiger partial charge in [0.1, 0.15) is 0 Å². The predicted molar refractivity (Wildman–Crippen MR) is 124 cm³/mol. The van der Waals surface area contributed by atoms with E-state index < -0.39 is 20.9 Å². The smallest absolute Gasteiger partial charge is 0.269 e. The number of nitrogens with zero attached hydrogens (tertiary/aromatic N) is 3. The molecule has 2 aromatic rings. The Labute approximate surface area is 191 Å². The van der Waals surface area contributed by atoms with E-state index in [0.717, 1.165) is 5.69 Å². The van der Waals surface area contributed by atoms with Crippen molar-refractivity contribution in [2.24, 2.45) is 0 Å². The van der Waals surface area contributed by atoms with Crippen LogP contribution in [0.15, 0.2) is 54.6 Å². The fraction of sp³-hybridized carbons (Fsp3) is 0.286. The highest BCUT2D eigenvalue weighted by Gasteiger charge is 2.26. The number of piperazine rings is 1. The summed E-state index contributed by atoms with van der Waals surface area (Å²) in [7, 11) is -3.49. The lowest BCUT2D eigenvalue weighted by molar-refractivity contribution is -0.384. The third-order valence-electron chi connectivity index (χ3n) is 5.01. The third kappa shape index (κ3) is 6.52. The zero-order valence-electron chi connectivity index (χ0n) is 17.2. The van der Waals surface area contributed by atoms with Crippen molar-refractivity contribution in [2.45, 2.75) is 0 Å². The van der Waals surface area contributed by atoms with Crippen LogP contribution in [-0.2, 0) is 14.8 Å². The second-order valence-electron chi connectivity index (χ2n) is 7.15. The Hall–Kier alpha value is -2.95. The van der Waals surface area contributed by atoms with Crippen LogP contribution in [0.4, 0.5) is 11.4 Å². The Morgan fingerprint density at radius 3 is 2.28 bits per heavy atom. The van der Waals surface area contributed by atoms with Crippen molar-refractivity contribution < 1.29 is 18.1 Å². The fourth-order valence-corrected chi connectivity index (χ4v) is 4.71. The van der Waals surface area contributed by atoms with Crippen LogP contribution in [-0.4, -0.2) is 62.0 Å². The van der Waals surface area contributed by atoms with Crippen LogP contribution in [0, 0.1) is 10.1 Å². The van der Waals surface area contributed by atoms with Crippen LogP contribution < -0.4 is 10.2 Å². The van der Waals surface area contributed by atoms with Gasteiger partial charge in [-0.1, -0.05) is 11.6 Å². The molecular formula is C21H23ClN4O5S. The molecule has 1 heterocycles. The standard InChI is InChI=1S/C21H23ClN4O5S/c22-18-4-8-19(9-5-18)24-12-14-25(15-13-24)32(30,31)16-11-23-21(27)10-3-17-1-6-20(7-2-17)26(28)29/h1-10H,11-16H2,(H,23,27)/b10-3-. The highest BCUT2D eigenvalue weighted by molar-refractivity contribution is 7.89. The molecule has 170 valence electrons. The average Bonchev–Trinajstić information content (AvgIpc) is 2.78. The molecule has 1 amide bonds. The van der Waals surface area contributed by atoms with Crippen LogP contribution in [0.3, 0.4) is 0 Å². The maximum atomic E-state index is 12.6. The average molecular weight is 479 g/mol. The summed E-state index contributed by atoms with van der Waals surface area (Å²) in [4.78, 5) is 24.2. The molecule has 0 bridgehead atoms. The number of non-ortho nitro benzene ring substituents is 1. The van der Waals surface area contributed by atoms with E-state index in [4.69, 9.17) is 11.6 Å². The number of carbonyl (C=O) groups excluding carboxylic acids is 1. The van der Waals surface area contributed by atoms with Crippen molar-refractivity contribution in [1.82, 2.24) is 9.62 Å². The number of nitro groups is 1. The normalized spacial score (nSPS) is 15.1. The first-order valence-electron chi connectivity index (χ1n) is 9.93. The fourth-order valence-electron chi connectivity index (χ4n) is 3.25. The molecule has 1 N–H and O–H groups in total. The van der Waals surface area contributed by atoms with Crippen LogP contribution in [0.25, 0.3) is 6.08 Å². The zero-order valence-corrected chi connectivity index (χ0v) is 18.8. The summed E-state index contributed by atoms with van der Waals surface area (Å²) in [5.41, 5.74) is 1.58. The van der Waals surface area contributed by atoms with Crippen LogP contribution in [0.2, 0.25) is 5.02 Å². The number of sulfonamides is 1. The number of nitro benzene ring substituents is 1. The van der Waals surface area contributed by atoms with Gasteiger partial charge in [-0.05, 0) is 48.0 Å². The Morgan fingerprint density at radius 2 is 1.69 bits per heavy atom. The molecule has 2 aromatic carbocycles. The summed E-state index contributed by atoms with van der Waals surface area (Å²) in [6, 6.07) is 13.2. The van der Waals surface area contributed by atoms with Gasteiger partial charge in [0.25, 0.3) is 5.69 Å². The number of hydrogen-bond donors (Lipinski definition) is 1. The number of anilines is 1. The molecule has 32 heavy (non-hydrogen) atoms. The molecule has 11 heteroatoms. The van der Waals surface area contributed by atoms with E-state index in [2.05, 4.69) is 10.2 Å². The number of nitrogens with one attached hydrogen (secondary N) is 1. The molecule has 0 saturated carbocycles. The maximum absolute atomic E-state index is 12.6. The predicted octanol–water partition coefficient (Wildman–Crippen LogP) is 2.53. The molecule has 1 fully saturated rings. The molecule has 3 rings (SSSR count). The summed E-state index contributed by atoms with van der Waals surface area (Å²) < 4.78 is 26.6. The number of benzene rings is 2. The maximum Gasteiger partial charge on any atom is 0.269 e. The van der Waals surface area contributed by atoms with Gasteiger partial charge in [0, 0.05) is 61.6 Å². The Morgan fingerprint density at radius 1 is 1.06 bits per heavy atom. The van der Waals surface area contributed by atoms with Gasteiger partial charge in [-0.15, -0.1) is 0 Å². The van der Waals surface area contributed by atoms with Crippen molar-refractivity contribution in [3.63, 3.8) is 0 Å². The van der Waals surface area contributed by atoms with Gasteiger partial charge < -0.3 is 10.2 Å². The molecule has 0 atom stereocenters. The lowest BCUT2D eigenvalue weighted by Crippen LogP contribution is -2.50. The first-order chi connectivity index (χ1) is 15.2. The summed E-state index contributed by atoms with van der Waals surface area (Å²) in [6.45, 7) is 1.89. The molecule has 0 aliphatic carbocycles. The minimum atomic E-state index is -3.49. The van der Waals surface area contributed by atoms with Crippen LogP contribution in [0.1, 0.15) is 5.56 Å². The second-order valence-corrected chi connectivity index (χ2v) is 9.68. The Kier molecular flexibility index (Phi) is 7.84. The summed E-state index contributed by atoms with van der Waals surface area (Å²) in [5.74, 6) is -0.628. The van der Waals surface area contributed by atoms with Crippen molar-refractivity contribution in [2.75, 3.05) is 43.4 Å². The SMILES string of the molecule is O=C(/C=C\c1ccc([N+](=O)[O-])cc1)NCCS(=O)(=O)N1CCN(c2ccc(Cl)cc2)CC1. The van der Waals surface area contributed by atoms with E-state index in [1.165, 1.54) is 40.7 Å². The van der Waals surface area contributed by atoms with Crippen LogP contribution >= 0.6 is 11.6 Å². The van der Waals surface area contributed by atoms with Gasteiger partial charge in [-0.2, -0.15) is 4.31 Å². The number of amides is 1. The summed E-state index contributed by atoms with van der Waals surface area (Å²) in [5, 5.41) is 13.9. The first-order valence-corrected chi connectivity index (χ1v) is 11.9. The zero-order chi connectivity index (χ0) is 23.1. The molecule has 1 aliphatic rings. The van der Waals surface area contributed by atoms with Crippen molar-refractivity contribution in [1.29, 1.82) is 0 Å². The van der Waals surface area contributed by atoms with Gasteiger partial charge in [-0.3, -0.25) is 14.9 Å². The van der Waals surface area contributed by atoms with E-state index >= 15 is 0 Å². The molecule has 1 aliphatic heterocycles. The van der Waals surface area contributed by atoms with E-state index in [-0.39, 0.29) is 18.0 Å². The minimum Gasteiger partial charge on any atom is -0.369 e. The molecule has 9 nitrogen and oxygen atoms in total. The van der Waals surface area contributed by atoms with Gasteiger partial charge in [-0.25, -0.2) is 8.42 Å². The van der Waals surface area contributed by atoms with E-state index in [9.17, 15) is 23.3 Å². The monoisotopic (exact) mass is 478 g/mol. The van der Waals surface area contributed by atoms with E-state index in [1.807, 2.05) is 12.1 Å². The molecule has 0 aromatic heterocycles. The lowest BCUT2D eigenvalue weighted by Gasteiger charge is -2.35. The first kappa shape index (κ1) is 23.7. The van der Waals surface area contributed by atoms with Crippen LogP contribution in [0.5, 0.6) is 0 Å². The van der Waals surface area contributed by atoms with E-state index in [0.29, 0.717) is 36.8 Å². The van der Waals surface area contributed by atoms with E-state index in [1.54, 1.807) is 12.1 Å². The molecule has 0 spiro atoms. The summed E-state index contributed by atoms with van der Waals surface area (Å²) >= 11 is 5.91. The Bertz CT molecular complexity index is 1080. The lowest BCUT2D eigenvalue weighted by atomic mass is 10.2. The van der Waals surface area contributed by atoms with Gasteiger partial charge in [0.2, 0.25) is 15.9 Å². The second kappa shape index (κ2) is 10.6. The number of carbonyl (C=O) groups is 1. The molecule has 0 unspecified atom stereocenters. The molecular weight excluding hydrogens is 456 g/mol. The largest absolute Gasteiger partial charge is 0.369 e. The highest BCUT2D eigenvalue weighted by Crippen LogP contribution is 2.20. The molecule has 1 saturated heterocycles. The van der Waals surface area contributed by atoms with Crippen molar-refractivity contribution in [3.8, 4) is 0 Å². The topological polar surface area (TPSA) is 113 Å². The number of halogens is 1. The Balaban J connectivity index is 1.43. The number of rotatable bonds is 8. The van der Waals surface area contributed by atoms with Gasteiger partial charge in [0.05, 0.1) is 10.7 Å². The third-order valence-corrected chi connectivity index (χ3v) is 7.14. The molecule has 0 radical (unpaired) electrons. The number of hydrogen-bond acceptors (Lipinski definition) is 6. The summed E-state index contributed by atoms with van der Waals surface area (Å²) in [6.07, 6.45) is 2.77. The quantitative estimate of drug-likeness (QED) is 0.354.